The largest absolute Gasteiger partial charge is 0.454 e. The predicted molar refractivity (Wildman–Crippen MR) is 111 cm³/mol. The van der Waals surface area contributed by atoms with Crippen molar-refractivity contribution in [1.29, 1.82) is 0 Å². The van der Waals surface area contributed by atoms with E-state index in [2.05, 4.69) is 31.3 Å². The molecule has 5 nitrogen and oxygen atoms in total. The van der Waals surface area contributed by atoms with E-state index in [1.165, 1.54) is 17.3 Å². The van der Waals surface area contributed by atoms with Crippen molar-refractivity contribution < 1.29 is 14.3 Å². The van der Waals surface area contributed by atoms with Gasteiger partial charge in [-0.3, -0.25) is 4.79 Å². The second-order valence-corrected chi connectivity index (χ2v) is 8.28. The number of carbonyl (C=O) groups excluding carboxylic acids is 1. The molecule has 1 aliphatic rings. The highest BCUT2D eigenvalue weighted by atomic mass is 32.2. The molecule has 0 saturated carbocycles. The van der Waals surface area contributed by atoms with Crippen molar-refractivity contribution in [2.24, 2.45) is 0 Å². The molecule has 0 fully saturated rings. The number of para-hydroxylation sites is 1. The summed E-state index contributed by atoms with van der Waals surface area (Å²) in [6, 6.07) is 13.9. The third kappa shape index (κ3) is 3.78. The fraction of sp³-hybridized carbons (Fsp3) is 0.273. The third-order valence-electron chi connectivity index (χ3n) is 4.80. The standard InChI is InChI=1S/C22H22N2O3S/c1-13-5-4-6-17-14(2)9-20(24-21(13)17)28-15(3)22(25)23-11-16-7-8-18-19(10-16)27-12-26-18/h4-10,15H,11-12H2,1-3H3,(H,23,25)/t15-/m1/s1. The Balaban J connectivity index is 1.42. The van der Waals surface area contributed by atoms with Crippen molar-refractivity contribution in [3.8, 4) is 11.5 Å². The number of benzene rings is 2. The van der Waals surface area contributed by atoms with Crippen LogP contribution in [0.1, 0.15) is 23.6 Å². The van der Waals surface area contributed by atoms with Gasteiger partial charge in [0.25, 0.3) is 0 Å². The summed E-state index contributed by atoms with van der Waals surface area (Å²) in [5.74, 6) is 1.44. The van der Waals surface area contributed by atoms with Crippen molar-refractivity contribution in [3.63, 3.8) is 0 Å². The molecular weight excluding hydrogens is 372 g/mol. The zero-order chi connectivity index (χ0) is 19.7. The average Bonchev–Trinajstić information content (AvgIpc) is 3.15. The van der Waals surface area contributed by atoms with Crippen LogP contribution in [0.25, 0.3) is 10.9 Å². The van der Waals surface area contributed by atoms with Gasteiger partial charge in [-0.15, -0.1) is 0 Å². The van der Waals surface area contributed by atoms with E-state index in [0.717, 1.165) is 38.6 Å². The second kappa shape index (κ2) is 7.72. The number of carbonyl (C=O) groups is 1. The van der Waals surface area contributed by atoms with Crippen LogP contribution < -0.4 is 14.8 Å². The minimum Gasteiger partial charge on any atom is -0.454 e. The van der Waals surface area contributed by atoms with Crippen LogP contribution in [0.3, 0.4) is 0 Å². The van der Waals surface area contributed by atoms with Crippen molar-refractivity contribution in [2.75, 3.05) is 6.79 Å². The van der Waals surface area contributed by atoms with Gasteiger partial charge in [-0.2, -0.15) is 0 Å². The molecular formula is C22H22N2O3S. The van der Waals surface area contributed by atoms with Gasteiger partial charge in [0.15, 0.2) is 11.5 Å². The van der Waals surface area contributed by atoms with Gasteiger partial charge in [-0.25, -0.2) is 4.98 Å². The lowest BCUT2D eigenvalue weighted by Gasteiger charge is -2.13. The van der Waals surface area contributed by atoms with Crippen LogP contribution >= 0.6 is 11.8 Å². The van der Waals surface area contributed by atoms with Gasteiger partial charge in [-0.1, -0.05) is 36.0 Å². The summed E-state index contributed by atoms with van der Waals surface area (Å²) < 4.78 is 10.7. The quantitative estimate of drug-likeness (QED) is 0.651. The van der Waals surface area contributed by atoms with Crippen molar-refractivity contribution in [1.82, 2.24) is 10.3 Å². The maximum Gasteiger partial charge on any atom is 0.233 e. The first-order chi connectivity index (χ1) is 13.5. The number of aromatic nitrogens is 1. The summed E-state index contributed by atoms with van der Waals surface area (Å²) >= 11 is 1.48. The topological polar surface area (TPSA) is 60.5 Å². The highest BCUT2D eigenvalue weighted by Gasteiger charge is 2.17. The van der Waals surface area contributed by atoms with Gasteiger partial charge in [0, 0.05) is 11.9 Å². The Morgan fingerprint density at radius 2 is 1.96 bits per heavy atom. The first kappa shape index (κ1) is 18.6. The maximum absolute atomic E-state index is 12.6. The van der Waals surface area contributed by atoms with Gasteiger partial charge in [0.1, 0.15) is 0 Å². The first-order valence-corrected chi connectivity index (χ1v) is 10.1. The van der Waals surface area contributed by atoms with Crippen LogP contribution in [0.2, 0.25) is 0 Å². The lowest BCUT2D eigenvalue weighted by atomic mass is 10.1. The highest BCUT2D eigenvalue weighted by Crippen LogP contribution is 2.32. The van der Waals surface area contributed by atoms with E-state index in [1.54, 1.807) is 0 Å². The molecule has 1 N–H and O–H groups in total. The molecule has 0 spiro atoms. The molecule has 1 atom stereocenters. The molecule has 2 heterocycles. The number of ether oxygens (including phenoxy) is 2. The van der Waals surface area contributed by atoms with E-state index in [0.29, 0.717) is 6.54 Å². The molecule has 4 rings (SSSR count). The Kier molecular flexibility index (Phi) is 5.13. The molecule has 0 radical (unpaired) electrons. The van der Waals surface area contributed by atoms with Crippen LogP contribution in [0.5, 0.6) is 11.5 Å². The summed E-state index contributed by atoms with van der Waals surface area (Å²) in [4.78, 5) is 17.3. The molecule has 28 heavy (non-hydrogen) atoms. The van der Waals surface area contributed by atoms with Crippen molar-refractivity contribution in [3.05, 3.63) is 59.2 Å². The van der Waals surface area contributed by atoms with E-state index in [1.807, 2.05) is 37.3 Å². The number of pyridine rings is 1. The number of amides is 1. The average molecular weight is 394 g/mol. The molecule has 0 aliphatic carbocycles. The molecule has 6 heteroatoms. The summed E-state index contributed by atoms with van der Waals surface area (Å²) in [6.07, 6.45) is 0. The summed E-state index contributed by atoms with van der Waals surface area (Å²) in [7, 11) is 0. The molecule has 144 valence electrons. The number of fused-ring (bicyclic) bond motifs is 2. The third-order valence-corrected chi connectivity index (χ3v) is 5.81. The summed E-state index contributed by atoms with van der Waals surface area (Å²) in [6.45, 7) is 6.74. The van der Waals surface area contributed by atoms with Gasteiger partial charge < -0.3 is 14.8 Å². The SMILES string of the molecule is Cc1cc(S[C@H](C)C(=O)NCc2ccc3c(c2)OCO3)nc2c(C)cccc12. The van der Waals surface area contributed by atoms with Crippen molar-refractivity contribution in [2.45, 2.75) is 37.6 Å². The molecule has 1 aromatic heterocycles. The van der Waals surface area contributed by atoms with E-state index in [9.17, 15) is 4.79 Å². The molecule has 0 bridgehead atoms. The number of aryl methyl sites for hydroxylation is 2. The van der Waals surface area contributed by atoms with Crippen LogP contribution in [-0.2, 0) is 11.3 Å². The van der Waals surface area contributed by atoms with Gasteiger partial charge in [0.05, 0.1) is 15.8 Å². The number of hydrogen-bond donors (Lipinski definition) is 1. The number of rotatable bonds is 5. The lowest BCUT2D eigenvalue weighted by molar-refractivity contribution is -0.120. The zero-order valence-corrected chi connectivity index (χ0v) is 16.9. The Hall–Kier alpha value is -2.73. The van der Waals surface area contributed by atoms with Crippen LogP contribution in [0.4, 0.5) is 0 Å². The maximum atomic E-state index is 12.6. The molecule has 1 aliphatic heterocycles. The van der Waals surface area contributed by atoms with Gasteiger partial charge >= 0.3 is 0 Å². The Bertz CT molecular complexity index is 1050. The van der Waals surface area contributed by atoms with Crippen LogP contribution in [0, 0.1) is 13.8 Å². The number of nitrogens with zero attached hydrogens (tertiary/aromatic N) is 1. The molecule has 3 aromatic rings. The summed E-state index contributed by atoms with van der Waals surface area (Å²) in [5, 5.41) is 4.76. The Morgan fingerprint density at radius 1 is 1.14 bits per heavy atom. The minimum absolute atomic E-state index is 0.0213. The second-order valence-electron chi connectivity index (χ2n) is 6.91. The molecule has 1 amide bonds. The van der Waals surface area contributed by atoms with E-state index in [-0.39, 0.29) is 18.0 Å². The summed E-state index contributed by atoms with van der Waals surface area (Å²) in [5.41, 5.74) is 4.29. The number of nitrogens with one attached hydrogen (secondary N) is 1. The molecule has 0 unspecified atom stereocenters. The van der Waals surface area contributed by atoms with Crippen molar-refractivity contribution >= 4 is 28.6 Å². The monoisotopic (exact) mass is 394 g/mol. The lowest BCUT2D eigenvalue weighted by Crippen LogP contribution is -2.30. The zero-order valence-electron chi connectivity index (χ0n) is 16.1. The van der Waals surface area contributed by atoms with E-state index >= 15 is 0 Å². The smallest absolute Gasteiger partial charge is 0.233 e. The normalized spacial score (nSPS) is 13.5. The first-order valence-electron chi connectivity index (χ1n) is 9.21. The van der Waals surface area contributed by atoms with Crippen LogP contribution in [-0.4, -0.2) is 22.9 Å². The highest BCUT2D eigenvalue weighted by molar-refractivity contribution is 8.00. The number of thioether (sulfide) groups is 1. The molecule has 0 saturated heterocycles. The fourth-order valence-corrected chi connectivity index (χ4v) is 4.15. The number of hydrogen-bond acceptors (Lipinski definition) is 5. The van der Waals surface area contributed by atoms with Crippen LogP contribution in [0.15, 0.2) is 47.5 Å². The predicted octanol–water partition coefficient (Wildman–Crippen LogP) is 4.38. The van der Waals surface area contributed by atoms with Gasteiger partial charge in [-0.05, 0) is 55.7 Å². The Morgan fingerprint density at radius 3 is 2.82 bits per heavy atom. The van der Waals surface area contributed by atoms with E-state index < -0.39 is 0 Å². The fourth-order valence-electron chi connectivity index (χ4n) is 3.21. The molecule has 2 aromatic carbocycles. The van der Waals surface area contributed by atoms with Gasteiger partial charge in [0.2, 0.25) is 12.7 Å². The Labute approximate surface area is 168 Å². The van der Waals surface area contributed by atoms with E-state index in [4.69, 9.17) is 14.5 Å². The minimum atomic E-state index is -0.248.